The molecule has 1 aromatic heterocycles. The number of anilines is 1. The Kier molecular flexibility index (Phi) is 2.45. The molecule has 3 nitrogen and oxygen atoms in total. The molecule has 86 valence electrons. The van der Waals surface area contributed by atoms with Crippen LogP contribution in [0, 0.1) is 11.6 Å². The zero-order valence-corrected chi connectivity index (χ0v) is 7.92. The van der Waals surface area contributed by atoms with Gasteiger partial charge in [-0.25, -0.2) is 22.5 Å². The van der Waals surface area contributed by atoms with Crippen molar-refractivity contribution in [1.82, 2.24) is 9.55 Å². The highest BCUT2D eigenvalue weighted by Gasteiger charge is 2.16. The Morgan fingerprint density at radius 3 is 2.62 bits per heavy atom. The molecule has 16 heavy (non-hydrogen) atoms. The second kappa shape index (κ2) is 3.66. The molecule has 0 radical (unpaired) electrons. The number of hydrogen-bond acceptors (Lipinski definition) is 2. The van der Waals surface area contributed by atoms with Crippen LogP contribution in [0.2, 0.25) is 0 Å². The predicted molar refractivity (Wildman–Crippen MR) is 50.1 cm³/mol. The molecule has 2 N–H and O–H groups in total. The Morgan fingerprint density at radius 2 is 2.00 bits per heavy atom. The van der Waals surface area contributed by atoms with Gasteiger partial charge in [0.15, 0.2) is 5.82 Å². The van der Waals surface area contributed by atoms with Crippen LogP contribution in [0.3, 0.4) is 0 Å². The summed E-state index contributed by atoms with van der Waals surface area (Å²) >= 11 is 0. The maximum Gasteiger partial charge on any atom is 0.256 e. The first-order valence-corrected chi connectivity index (χ1v) is 4.38. The van der Waals surface area contributed by atoms with Gasteiger partial charge in [0.05, 0.1) is 12.1 Å². The standard InChI is InChI=1S/C9H7F4N3/c10-4-1-5(11)8-6(2-4)16(3-7(12)13)9(14)15-8/h1-2,7H,3H2,(H2,14,15). The lowest BCUT2D eigenvalue weighted by atomic mass is 10.3. The number of nitrogens with zero attached hydrogens (tertiary/aromatic N) is 2. The van der Waals surface area contributed by atoms with E-state index in [0.29, 0.717) is 6.07 Å². The number of fused-ring (bicyclic) bond motifs is 1. The van der Waals surface area contributed by atoms with Gasteiger partial charge < -0.3 is 10.3 Å². The van der Waals surface area contributed by atoms with Gasteiger partial charge in [0.25, 0.3) is 6.43 Å². The number of imidazole rings is 1. The van der Waals surface area contributed by atoms with Crippen molar-refractivity contribution < 1.29 is 17.6 Å². The summed E-state index contributed by atoms with van der Waals surface area (Å²) in [5.74, 6) is -2.05. The Bertz CT molecular complexity index is 535. The van der Waals surface area contributed by atoms with Gasteiger partial charge in [-0.1, -0.05) is 0 Å². The minimum Gasteiger partial charge on any atom is -0.369 e. The number of halogens is 4. The van der Waals surface area contributed by atoms with E-state index in [9.17, 15) is 17.6 Å². The van der Waals surface area contributed by atoms with E-state index in [1.807, 2.05) is 0 Å². The third-order valence-corrected chi connectivity index (χ3v) is 2.12. The monoisotopic (exact) mass is 233 g/mol. The zero-order valence-electron chi connectivity index (χ0n) is 7.92. The minimum absolute atomic E-state index is 0.0738. The average Bonchev–Trinajstić information content (AvgIpc) is 2.45. The number of nitrogens with two attached hydrogens (primary N) is 1. The smallest absolute Gasteiger partial charge is 0.256 e. The Morgan fingerprint density at radius 1 is 1.31 bits per heavy atom. The molecule has 7 heteroatoms. The molecule has 0 aliphatic carbocycles. The quantitative estimate of drug-likeness (QED) is 0.808. The first kappa shape index (κ1) is 10.7. The molecule has 0 aliphatic rings. The summed E-state index contributed by atoms with van der Waals surface area (Å²) in [6, 6.07) is 1.55. The topological polar surface area (TPSA) is 43.8 Å². The second-order valence-corrected chi connectivity index (χ2v) is 3.23. The van der Waals surface area contributed by atoms with Crippen LogP contribution in [-0.2, 0) is 6.54 Å². The molecule has 0 amide bonds. The summed E-state index contributed by atoms with van der Waals surface area (Å²) in [6.07, 6.45) is -2.67. The van der Waals surface area contributed by atoms with Crippen LogP contribution in [0.5, 0.6) is 0 Å². The number of rotatable bonds is 2. The molecule has 0 saturated heterocycles. The summed E-state index contributed by atoms with van der Waals surface area (Å²) in [4.78, 5) is 3.57. The molecule has 0 unspecified atom stereocenters. The highest BCUT2D eigenvalue weighted by atomic mass is 19.3. The van der Waals surface area contributed by atoms with Gasteiger partial charge in [0.2, 0.25) is 5.95 Å². The molecule has 0 saturated carbocycles. The van der Waals surface area contributed by atoms with E-state index < -0.39 is 24.6 Å². The molecule has 0 aliphatic heterocycles. The molecule has 2 rings (SSSR count). The van der Waals surface area contributed by atoms with Gasteiger partial charge in [0.1, 0.15) is 11.3 Å². The van der Waals surface area contributed by atoms with Crippen molar-refractivity contribution in [2.45, 2.75) is 13.0 Å². The zero-order chi connectivity index (χ0) is 11.9. The van der Waals surface area contributed by atoms with Gasteiger partial charge >= 0.3 is 0 Å². The van der Waals surface area contributed by atoms with Crippen LogP contribution in [0.1, 0.15) is 0 Å². The molecule has 2 aromatic rings. The normalized spacial score (nSPS) is 11.6. The van der Waals surface area contributed by atoms with Crippen LogP contribution in [0.15, 0.2) is 12.1 Å². The van der Waals surface area contributed by atoms with E-state index in [1.54, 1.807) is 0 Å². The summed E-state index contributed by atoms with van der Waals surface area (Å²) in [6.45, 7) is -0.745. The lowest BCUT2D eigenvalue weighted by molar-refractivity contribution is 0.128. The van der Waals surface area contributed by atoms with Crippen molar-refractivity contribution in [3.8, 4) is 0 Å². The van der Waals surface area contributed by atoms with Crippen LogP contribution in [-0.4, -0.2) is 16.0 Å². The van der Waals surface area contributed by atoms with Crippen molar-refractivity contribution in [3.05, 3.63) is 23.8 Å². The molecule has 0 fully saturated rings. The largest absolute Gasteiger partial charge is 0.369 e. The maximum atomic E-state index is 13.2. The SMILES string of the molecule is Nc1nc2c(F)cc(F)cc2n1CC(F)F. The van der Waals surface area contributed by atoms with Crippen LogP contribution in [0.4, 0.5) is 23.5 Å². The third kappa shape index (κ3) is 1.68. The van der Waals surface area contributed by atoms with E-state index in [4.69, 9.17) is 5.73 Å². The van der Waals surface area contributed by atoms with Crippen molar-refractivity contribution >= 4 is 17.0 Å². The minimum atomic E-state index is -2.67. The molecule has 1 aromatic carbocycles. The number of nitrogen functional groups attached to an aromatic ring is 1. The van der Waals surface area contributed by atoms with Crippen molar-refractivity contribution in [2.24, 2.45) is 0 Å². The summed E-state index contributed by atoms with van der Waals surface area (Å²) in [5.41, 5.74) is 5.07. The van der Waals surface area contributed by atoms with E-state index >= 15 is 0 Å². The molecule has 0 atom stereocenters. The van der Waals surface area contributed by atoms with Gasteiger partial charge in [-0.05, 0) is 0 Å². The number of alkyl halides is 2. The highest BCUT2D eigenvalue weighted by Crippen LogP contribution is 2.22. The fourth-order valence-corrected chi connectivity index (χ4v) is 1.50. The van der Waals surface area contributed by atoms with Crippen LogP contribution < -0.4 is 5.73 Å². The van der Waals surface area contributed by atoms with Gasteiger partial charge in [-0.15, -0.1) is 0 Å². The number of hydrogen-bond donors (Lipinski definition) is 1. The molecular formula is C9H7F4N3. The fourth-order valence-electron chi connectivity index (χ4n) is 1.50. The molecule has 0 bridgehead atoms. The predicted octanol–water partition coefficient (Wildman–Crippen LogP) is 2.16. The van der Waals surface area contributed by atoms with Crippen molar-refractivity contribution in [3.63, 3.8) is 0 Å². The molecular weight excluding hydrogens is 226 g/mol. The third-order valence-electron chi connectivity index (χ3n) is 2.12. The van der Waals surface area contributed by atoms with E-state index in [2.05, 4.69) is 4.98 Å². The number of benzene rings is 1. The van der Waals surface area contributed by atoms with E-state index in [0.717, 1.165) is 10.6 Å². The second-order valence-electron chi connectivity index (χ2n) is 3.23. The molecule has 1 heterocycles. The fraction of sp³-hybridized carbons (Fsp3) is 0.222. The van der Waals surface area contributed by atoms with Crippen LogP contribution >= 0.6 is 0 Å². The molecule has 0 spiro atoms. The Labute approximate surface area is 87.5 Å². The van der Waals surface area contributed by atoms with E-state index in [1.165, 1.54) is 0 Å². The van der Waals surface area contributed by atoms with Gasteiger partial charge in [-0.3, -0.25) is 0 Å². The van der Waals surface area contributed by atoms with E-state index in [-0.39, 0.29) is 17.0 Å². The van der Waals surface area contributed by atoms with Gasteiger partial charge in [0, 0.05) is 12.1 Å². The summed E-state index contributed by atoms with van der Waals surface area (Å²) in [5, 5.41) is 0. The number of aromatic nitrogens is 2. The first-order chi connectivity index (χ1) is 7.49. The lowest BCUT2D eigenvalue weighted by Gasteiger charge is -2.04. The highest BCUT2D eigenvalue weighted by molar-refractivity contribution is 5.79. The Balaban J connectivity index is 2.68. The summed E-state index contributed by atoms with van der Waals surface area (Å²) in [7, 11) is 0. The lowest BCUT2D eigenvalue weighted by Crippen LogP contribution is -2.09. The maximum absolute atomic E-state index is 13.2. The summed E-state index contributed by atoms with van der Waals surface area (Å²) < 4.78 is 51.4. The average molecular weight is 233 g/mol. The van der Waals surface area contributed by atoms with Crippen molar-refractivity contribution in [1.29, 1.82) is 0 Å². The van der Waals surface area contributed by atoms with Gasteiger partial charge in [-0.2, -0.15) is 0 Å². The van der Waals surface area contributed by atoms with Crippen LogP contribution in [0.25, 0.3) is 11.0 Å². The van der Waals surface area contributed by atoms with Crippen molar-refractivity contribution in [2.75, 3.05) is 5.73 Å². The Hall–Kier alpha value is -1.79. The first-order valence-electron chi connectivity index (χ1n) is 4.38.